The zero-order valence-electron chi connectivity index (χ0n) is 32.4. The van der Waals surface area contributed by atoms with Crippen molar-refractivity contribution in [1.29, 1.82) is 0 Å². The van der Waals surface area contributed by atoms with Crippen molar-refractivity contribution < 1.29 is 0 Å². The van der Waals surface area contributed by atoms with E-state index in [-0.39, 0.29) is 0 Å². The normalized spacial score (nSPS) is 16.6. The average molecular weight is 795 g/mol. The van der Waals surface area contributed by atoms with Gasteiger partial charge < -0.3 is 0 Å². The third kappa shape index (κ3) is 4.69. The van der Waals surface area contributed by atoms with Crippen molar-refractivity contribution in [3.63, 3.8) is 0 Å². The van der Waals surface area contributed by atoms with Crippen molar-refractivity contribution in [3.8, 4) is 33.4 Å². The Balaban J connectivity index is 0.919. The molecule has 0 nitrogen and oxygen atoms in total. The monoisotopic (exact) mass is 794 g/mol. The SMILES string of the molecule is C1=CC2C=C(c3ccc4ccc5c(-c6ccc7sc8ccc(-c9ccc%10ccc%11c(-c%12ccccc%12)ccc%12ccc9c%10c%12%11)cc8c7c6)ccc6ccc3c4c65)SC2C=C1. The summed E-state index contributed by atoms with van der Waals surface area (Å²) in [6.45, 7) is 0. The molecule has 2 atom stereocenters. The molecule has 60 heavy (non-hydrogen) atoms. The average Bonchev–Trinajstić information content (AvgIpc) is 3.91. The van der Waals surface area contributed by atoms with Crippen LogP contribution in [-0.2, 0) is 0 Å². The first-order chi connectivity index (χ1) is 29.7. The Morgan fingerprint density at radius 1 is 0.350 bits per heavy atom. The van der Waals surface area contributed by atoms with Crippen molar-refractivity contribution in [2.24, 2.45) is 5.92 Å². The van der Waals surface area contributed by atoms with Gasteiger partial charge in [-0.25, -0.2) is 0 Å². The molecule has 1 aromatic heterocycles. The van der Waals surface area contributed by atoms with Gasteiger partial charge in [0.25, 0.3) is 0 Å². The van der Waals surface area contributed by atoms with E-state index in [2.05, 4.69) is 194 Å². The van der Waals surface area contributed by atoms with Gasteiger partial charge in [-0.1, -0.05) is 170 Å². The fraction of sp³-hybridized carbons (Fsp3) is 0.0345. The van der Waals surface area contributed by atoms with Gasteiger partial charge in [-0.2, -0.15) is 0 Å². The highest BCUT2D eigenvalue weighted by Crippen LogP contribution is 2.50. The Morgan fingerprint density at radius 2 is 0.800 bits per heavy atom. The van der Waals surface area contributed by atoms with E-state index in [9.17, 15) is 0 Å². The quantitative estimate of drug-likeness (QED) is 0.160. The molecule has 14 rings (SSSR count). The molecular weight excluding hydrogens is 761 g/mol. The summed E-state index contributed by atoms with van der Waals surface area (Å²) in [7, 11) is 0. The molecule has 0 spiro atoms. The Bertz CT molecular complexity index is 3860. The summed E-state index contributed by atoms with van der Waals surface area (Å²) < 4.78 is 2.65. The Morgan fingerprint density at radius 3 is 1.32 bits per heavy atom. The predicted molar refractivity (Wildman–Crippen MR) is 264 cm³/mol. The molecule has 2 heteroatoms. The lowest BCUT2D eigenvalue weighted by Crippen LogP contribution is -2.07. The molecule has 2 unspecified atom stereocenters. The maximum atomic E-state index is 2.48. The highest BCUT2D eigenvalue weighted by atomic mass is 32.2. The van der Waals surface area contributed by atoms with E-state index in [1.807, 2.05) is 23.1 Å². The van der Waals surface area contributed by atoms with Gasteiger partial charge in [0, 0.05) is 36.2 Å². The number of hydrogen-bond acceptors (Lipinski definition) is 2. The molecule has 0 bridgehead atoms. The van der Waals surface area contributed by atoms with E-state index in [0.717, 1.165) is 0 Å². The molecule has 2 aliphatic rings. The van der Waals surface area contributed by atoms with Crippen molar-refractivity contribution in [3.05, 3.63) is 200 Å². The molecular formula is C58H34S2. The van der Waals surface area contributed by atoms with Crippen LogP contribution in [0.2, 0.25) is 0 Å². The van der Waals surface area contributed by atoms with Gasteiger partial charge in [0.05, 0.1) is 0 Å². The van der Waals surface area contributed by atoms with Crippen LogP contribution in [0.25, 0.3) is 123 Å². The third-order valence-electron chi connectivity index (χ3n) is 13.5. The Kier molecular flexibility index (Phi) is 6.86. The fourth-order valence-corrected chi connectivity index (χ4v) is 13.1. The summed E-state index contributed by atoms with van der Waals surface area (Å²) in [4.78, 5) is 1.40. The highest BCUT2D eigenvalue weighted by molar-refractivity contribution is 8.09. The van der Waals surface area contributed by atoms with Crippen molar-refractivity contribution in [2.75, 3.05) is 0 Å². The minimum absolute atomic E-state index is 0.467. The number of hydrogen-bond donors (Lipinski definition) is 0. The van der Waals surface area contributed by atoms with Gasteiger partial charge in [-0.05, 0) is 128 Å². The number of benzene rings is 11. The van der Waals surface area contributed by atoms with Crippen LogP contribution in [-0.4, -0.2) is 5.25 Å². The fourth-order valence-electron chi connectivity index (χ4n) is 10.7. The lowest BCUT2D eigenvalue weighted by atomic mass is 9.87. The lowest BCUT2D eigenvalue weighted by molar-refractivity contribution is 0.857. The smallest absolute Gasteiger partial charge is 0.0375 e. The van der Waals surface area contributed by atoms with Crippen molar-refractivity contribution in [1.82, 2.24) is 0 Å². The summed E-state index contributed by atoms with van der Waals surface area (Å²) in [6.07, 6.45) is 11.6. The second-order valence-corrected chi connectivity index (χ2v) is 19.0. The van der Waals surface area contributed by atoms with Crippen LogP contribution in [0, 0.1) is 5.92 Å². The topological polar surface area (TPSA) is 0 Å². The van der Waals surface area contributed by atoms with Gasteiger partial charge >= 0.3 is 0 Å². The molecule has 11 aromatic carbocycles. The van der Waals surface area contributed by atoms with E-state index in [4.69, 9.17) is 0 Å². The van der Waals surface area contributed by atoms with Crippen molar-refractivity contribution in [2.45, 2.75) is 5.25 Å². The van der Waals surface area contributed by atoms with Gasteiger partial charge in [0.2, 0.25) is 0 Å². The standard InChI is InChI=1S/C58H34S2/c1-2-6-33(7-3-1)41-20-10-34-15-25-46-42(21-11-35-14-24-45(41)55(34)56(35)46)38-18-28-52-49(30-38)50-31-39(19-29-53(50)60-52)43-22-12-36-17-27-48-44(54-32-40-8-4-5-9-51(40)59-54)23-13-37-16-26-47(43)57(36)58(37)48/h1-32,40,51H. The summed E-state index contributed by atoms with van der Waals surface area (Å²) >= 11 is 3.90. The summed E-state index contributed by atoms with van der Waals surface area (Å²) in [6, 6.07) is 62.3. The first kappa shape index (κ1) is 33.2. The molecule has 0 saturated carbocycles. The summed E-state index contributed by atoms with van der Waals surface area (Å²) in [5, 5.41) is 19.1. The van der Waals surface area contributed by atoms with Gasteiger partial charge in [-0.15, -0.1) is 23.1 Å². The van der Waals surface area contributed by atoms with Gasteiger partial charge in [-0.3, -0.25) is 0 Å². The minimum atomic E-state index is 0.467. The maximum absolute atomic E-state index is 2.48. The molecule has 12 aromatic rings. The summed E-state index contributed by atoms with van der Waals surface area (Å²) in [5.74, 6) is 0.467. The van der Waals surface area contributed by atoms with Crippen LogP contribution in [0.1, 0.15) is 5.56 Å². The molecule has 278 valence electrons. The zero-order chi connectivity index (χ0) is 39.1. The number of fused-ring (bicyclic) bond motifs is 4. The molecule has 0 N–H and O–H groups in total. The molecule has 1 aliphatic carbocycles. The lowest BCUT2D eigenvalue weighted by Gasteiger charge is -2.17. The van der Waals surface area contributed by atoms with Crippen LogP contribution >= 0.6 is 23.1 Å². The maximum Gasteiger partial charge on any atom is 0.0375 e. The Labute approximate surface area is 355 Å². The van der Waals surface area contributed by atoms with Crippen LogP contribution in [0.4, 0.5) is 0 Å². The van der Waals surface area contributed by atoms with E-state index in [0.29, 0.717) is 11.2 Å². The molecule has 0 saturated heterocycles. The third-order valence-corrected chi connectivity index (χ3v) is 16.0. The van der Waals surface area contributed by atoms with E-state index < -0.39 is 0 Å². The van der Waals surface area contributed by atoms with E-state index in [1.54, 1.807) is 0 Å². The Hall–Kier alpha value is -6.71. The minimum Gasteiger partial charge on any atom is -0.135 e. The van der Waals surface area contributed by atoms with Crippen molar-refractivity contribution >= 4 is 113 Å². The van der Waals surface area contributed by atoms with E-state index >= 15 is 0 Å². The molecule has 0 amide bonds. The second-order valence-electron chi connectivity index (χ2n) is 16.6. The number of allylic oxidation sites excluding steroid dienone is 4. The second kappa shape index (κ2) is 12.4. The number of thioether (sulfide) groups is 1. The molecule has 1 aliphatic heterocycles. The molecule has 0 fully saturated rings. The number of rotatable bonds is 4. The first-order valence-corrected chi connectivity index (χ1v) is 22.6. The van der Waals surface area contributed by atoms with Gasteiger partial charge in [0.15, 0.2) is 0 Å². The molecule has 0 radical (unpaired) electrons. The van der Waals surface area contributed by atoms with Crippen LogP contribution in [0.5, 0.6) is 0 Å². The zero-order valence-corrected chi connectivity index (χ0v) is 34.1. The van der Waals surface area contributed by atoms with Crippen LogP contribution in [0.3, 0.4) is 0 Å². The van der Waals surface area contributed by atoms with Crippen LogP contribution in [0.15, 0.2) is 194 Å². The molecule has 2 heterocycles. The van der Waals surface area contributed by atoms with Gasteiger partial charge in [0.1, 0.15) is 0 Å². The predicted octanol–water partition coefficient (Wildman–Crippen LogP) is 17.0. The first-order valence-electron chi connectivity index (χ1n) is 20.9. The summed E-state index contributed by atoms with van der Waals surface area (Å²) in [5.41, 5.74) is 8.99. The van der Waals surface area contributed by atoms with Crippen LogP contribution < -0.4 is 0 Å². The number of thiophene rings is 1. The van der Waals surface area contributed by atoms with E-state index in [1.165, 1.54) is 129 Å². The largest absolute Gasteiger partial charge is 0.135 e. The highest BCUT2D eigenvalue weighted by Gasteiger charge is 2.28.